The Hall–Kier alpha value is -1.17. The summed E-state index contributed by atoms with van der Waals surface area (Å²) in [7, 11) is 0. The van der Waals surface area contributed by atoms with Gasteiger partial charge >= 0.3 is 41.5 Å². The van der Waals surface area contributed by atoms with Gasteiger partial charge in [0, 0.05) is 12.5 Å². The number of esters is 2. The topological polar surface area (TPSA) is 83.5 Å². The van der Waals surface area contributed by atoms with E-state index in [1.807, 2.05) is 0 Å². The number of rotatable bonds is 2. The van der Waals surface area contributed by atoms with Gasteiger partial charge in [0.25, 0.3) is 0 Å². The molecule has 0 fully saturated rings. The first-order valence-corrected chi connectivity index (χ1v) is 4.05. The normalized spacial score (nSPS) is 8.81. The van der Waals surface area contributed by atoms with Crippen molar-refractivity contribution >= 4 is 17.9 Å². The third kappa shape index (κ3) is 3.77. The molecule has 78 valence electrons. The quantitative estimate of drug-likeness (QED) is 0.303. The Balaban J connectivity index is 0.00000225. The van der Waals surface area contributed by atoms with Crippen LogP contribution in [0.1, 0.15) is 27.6 Å². The van der Waals surface area contributed by atoms with Gasteiger partial charge in [-0.1, -0.05) is 18.2 Å². The number of carbonyl (C=O) groups is 3. The van der Waals surface area contributed by atoms with Gasteiger partial charge in [-0.2, -0.15) is 0 Å². The van der Waals surface area contributed by atoms with E-state index in [1.54, 1.807) is 0 Å². The number of hydrogen-bond donors (Lipinski definition) is 0. The summed E-state index contributed by atoms with van der Waals surface area (Å²) in [5, 5.41) is 10.6. The van der Waals surface area contributed by atoms with Gasteiger partial charge in [-0.25, -0.2) is 4.79 Å². The second-order valence-electron chi connectivity index (χ2n) is 2.71. The maximum atomic E-state index is 11.2. The van der Waals surface area contributed by atoms with Crippen LogP contribution in [0, 0.1) is 0 Å². The van der Waals surface area contributed by atoms with Crippen LogP contribution in [0.25, 0.3) is 0 Å². The van der Waals surface area contributed by atoms with E-state index in [9.17, 15) is 19.5 Å². The number of carboxylic acids is 1. The molecule has 0 radical (unpaired) electrons. The Bertz CT molecular complexity index is 427. The summed E-state index contributed by atoms with van der Waals surface area (Å²) >= 11 is 0. The van der Waals surface area contributed by atoms with Gasteiger partial charge < -0.3 is 14.6 Å². The minimum absolute atomic E-state index is 0. The van der Waals surface area contributed by atoms with Crippen LogP contribution in [-0.4, -0.2) is 17.9 Å². The number of aromatic carboxylic acids is 1. The SMILES string of the molecule is CC(=O)OC(=O)c1ccccc1C(=O)[O-].[Na+]. The first kappa shape index (κ1) is 14.8. The molecule has 0 aliphatic rings. The van der Waals surface area contributed by atoms with Crippen LogP contribution < -0.4 is 34.7 Å². The van der Waals surface area contributed by atoms with E-state index < -0.39 is 17.9 Å². The number of benzene rings is 1. The fraction of sp³-hybridized carbons (Fsp3) is 0.100. The van der Waals surface area contributed by atoms with Crippen molar-refractivity contribution in [3.05, 3.63) is 35.4 Å². The molecule has 0 atom stereocenters. The van der Waals surface area contributed by atoms with Crippen molar-refractivity contribution in [2.24, 2.45) is 0 Å². The van der Waals surface area contributed by atoms with Crippen molar-refractivity contribution in [2.75, 3.05) is 0 Å². The third-order valence-corrected chi connectivity index (χ3v) is 1.60. The fourth-order valence-corrected chi connectivity index (χ4v) is 1.02. The molecule has 1 aromatic carbocycles. The summed E-state index contributed by atoms with van der Waals surface area (Å²) in [6.07, 6.45) is 0. The average molecular weight is 230 g/mol. The van der Waals surface area contributed by atoms with E-state index in [2.05, 4.69) is 4.74 Å². The van der Waals surface area contributed by atoms with Crippen molar-refractivity contribution in [1.29, 1.82) is 0 Å². The molecular formula is C10H7NaO5. The molecule has 16 heavy (non-hydrogen) atoms. The first-order valence-electron chi connectivity index (χ1n) is 4.05. The van der Waals surface area contributed by atoms with Gasteiger partial charge in [0.1, 0.15) is 0 Å². The van der Waals surface area contributed by atoms with Gasteiger partial charge in [0.2, 0.25) is 0 Å². The minimum atomic E-state index is -1.49. The molecule has 0 unspecified atom stereocenters. The molecule has 5 nitrogen and oxygen atoms in total. The zero-order chi connectivity index (χ0) is 11.4. The van der Waals surface area contributed by atoms with E-state index in [-0.39, 0.29) is 40.7 Å². The van der Waals surface area contributed by atoms with E-state index in [4.69, 9.17) is 0 Å². The summed E-state index contributed by atoms with van der Waals surface area (Å²) in [5.74, 6) is -3.29. The van der Waals surface area contributed by atoms with E-state index >= 15 is 0 Å². The molecule has 0 saturated carbocycles. The molecule has 1 rings (SSSR count). The first-order chi connectivity index (χ1) is 7.02. The Morgan fingerprint density at radius 3 is 2.06 bits per heavy atom. The van der Waals surface area contributed by atoms with E-state index in [1.165, 1.54) is 24.3 Å². The zero-order valence-electron chi connectivity index (χ0n) is 8.85. The molecule has 0 heterocycles. The molecule has 0 aliphatic heterocycles. The largest absolute Gasteiger partial charge is 1.00 e. The molecule has 0 saturated heterocycles. The number of hydrogen-bond acceptors (Lipinski definition) is 5. The molecule has 1 aromatic rings. The number of carbonyl (C=O) groups excluding carboxylic acids is 3. The minimum Gasteiger partial charge on any atom is -0.545 e. The molecule has 0 N–H and O–H groups in total. The third-order valence-electron chi connectivity index (χ3n) is 1.60. The second kappa shape index (κ2) is 6.42. The average Bonchev–Trinajstić information content (AvgIpc) is 2.16. The molecule has 0 aromatic heterocycles. The van der Waals surface area contributed by atoms with E-state index in [0.29, 0.717) is 0 Å². The molecule has 0 amide bonds. The van der Waals surface area contributed by atoms with Crippen LogP contribution in [0.15, 0.2) is 24.3 Å². The molecular weight excluding hydrogens is 223 g/mol. The summed E-state index contributed by atoms with van der Waals surface area (Å²) in [4.78, 5) is 32.4. The van der Waals surface area contributed by atoms with Crippen molar-refractivity contribution in [1.82, 2.24) is 0 Å². The van der Waals surface area contributed by atoms with Crippen LogP contribution in [0.4, 0.5) is 0 Å². The summed E-state index contributed by atoms with van der Waals surface area (Å²) in [5.41, 5.74) is -0.503. The van der Waals surface area contributed by atoms with Crippen molar-refractivity contribution in [2.45, 2.75) is 6.92 Å². The second-order valence-corrected chi connectivity index (χ2v) is 2.71. The van der Waals surface area contributed by atoms with Gasteiger partial charge in [-0.3, -0.25) is 4.79 Å². The maximum absolute atomic E-state index is 11.2. The fourth-order valence-electron chi connectivity index (χ4n) is 1.02. The Labute approximate surface area is 114 Å². The summed E-state index contributed by atoms with van der Waals surface area (Å²) in [6, 6.07) is 5.35. The molecule has 0 aliphatic carbocycles. The molecule has 0 spiro atoms. The maximum Gasteiger partial charge on any atom is 1.00 e. The Morgan fingerprint density at radius 1 is 1.12 bits per heavy atom. The molecule has 0 bridgehead atoms. The smallest absolute Gasteiger partial charge is 0.545 e. The monoisotopic (exact) mass is 230 g/mol. The standard InChI is InChI=1S/C10H8O5.Na/c1-6(11)15-10(14)8-5-3-2-4-7(8)9(12)13;/h2-5H,1H3,(H,12,13);/q;+1/p-1. The van der Waals surface area contributed by atoms with Crippen LogP contribution in [0.2, 0.25) is 0 Å². The van der Waals surface area contributed by atoms with Gasteiger partial charge in [0.15, 0.2) is 0 Å². The van der Waals surface area contributed by atoms with Crippen LogP contribution in [-0.2, 0) is 9.53 Å². The number of carboxylic acid groups (broad SMARTS) is 1. The van der Waals surface area contributed by atoms with E-state index in [0.717, 1.165) is 6.92 Å². The van der Waals surface area contributed by atoms with Crippen molar-refractivity contribution in [3.63, 3.8) is 0 Å². The predicted molar refractivity (Wildman–Crippen MR) is 46.9 cm³/mol. The zero-order valence-corrected chi connectivity index (χ0v) is 10.9. The predicted octanol–water partition coefficient (Wildman–Crippen LogP) is -3.24. The number of ether oxygens (including phenoxy) is 1. The van der Waals surface area contributed by atoms with Crippen LogP contribution in [0.5, 0.6) is 0 Å². The summed E-state index contributed by atoms with van der Waals surface area (Å²) in [6.45, 7) is 1.06. The Kier molecular flexibility index (Phi) is 5.95. The van der Waals surface area contributed by atoms with Crippen LogP contribution >= 0.6 is 0 Å². The van der Waals surface area contributed by atoms with Gasteiger partial charge in [-0.15, -0.1) is 0 Å². The Morgan fingerprint density at radius 2 is 1.62 bits per heavy atom. The van der Waals surface area contributed by atoms with Crippen molar-refractivity contribution < 1.29 is 53.8 Å². The van der Waals surface area contributed by atoms with Gasteiger partial charge in [0.05, 0.1) is 11.5 Å². The summed E-state index contributed by atoms with van der Waals surface area (Å²) < 4.78 is 4.26. The van der Waals surface area contributed by atoms with Crippen LogP contribution in [0.3, 0.4) is 0 Å². The molecule has 6 heteroatoms. The van der Waals surface area contributed by atoms with Crippen molar-refractivity contribution in [3.8, 4) is 0 Å². The van der Waals surface area contributed by atoms with Gasteiger partial charge in [-0.05, 0) is 6.07 Å².